The van der Waals surface area contributed by atoms with Crippen molar-refractivity contribution in [1.29, 1.82) is 0 Å². The van der Waals surface area contributed by atoms with Crippen LogP contribution in [0, 0.1) is 10.1 Å². The van der Waals surface area contributed by atoms with E-state index in [1.165, 1.54) is 29.0 Å². The van der Waals surface area contributed by atoms with Crippen LogP contribution < -0.4 is 11.0 Å². The van der Waals surface area contributed by atoms with Gasteiger partial charge < -0.3 is 0 Å². The smallest absolute Gasteiger partial charge is 0.272 e. The van der Waals surface area contributed by atoms with Gasteiger partial charge in [-0.15, -0.1) is 0 Å². The molecule has 0 saturated heterocycles. The number of hydrogen-bond acceptors (Lipinski definition) is 7. The summed E-state index contributed by atoms with van der Waals surface area (Å²) in [4.78, 5) is 40.5. The Hall–Kier alpha value is -4.02. The second-order valence-electron chi connectivity index (χ2n) is 6.94. The Bertz CT molecular complexity index is 1470. The fourth-order valence-electron chi connectivity index (χ4n) is 3.11. The molecule has 0 aliphatic heterocycles. The highest BCUT2D eigenvalue weighted by Gasteiger charge is 2.15. The number of nitro benzene ring substituents is 1. The van der Waals surface area contributed by atoms with E-state index in [4.69, 9.17) is 11.6 Å². The van der Waals surface area contributed by atoms with E-state index < -0.39 is 10.8 Å². The molecule has 4 rings (SSSR count). The molecule has 9 nitrogen and oxygen atoms in total. The largest absolute Gasteiger partial charge is 0.288 e. The maximum atomic E-state index is 13.2. The molecule has 0 atom stereocenters. The van der Waals surface area contributed by atoms with Crippen LogP contribution in [0.2, 0.25) is 5.02 Å². The molecular formula is C23H16ClN5O4S. The molecule has 1 aromatic heterocycles. The number of carbonyl (C=O) groups is 1. The van der Waals surface area contributed by atoms with Gasteiger partial charge in [-0.25, -0.2) is 10.4 Å². The molecule has 1 amide bonds. The molecule has 1 heterocycles. The Balaban J connectivity index is 1.52. The van der Waals surface area contributed by atoms with E-state index in [9.17, 15) is 19.7 Å². The first-order valence-electron chi connectivity index (χ1n) is 9.90. The topological polar surface area (TPSA) is 119 Å². The molecule has 0 saturated carbocycles. The Morgan fingerprint density at radius 3 is 2.65 bits per heavy atom. The van der Waals surface area contributed by atoms with E-state index in [-0.39, 0.29) is 22.0 Å². The molecule has 0 fully saturated rings. The number of para-hydroxylation sites is 2. The monoisotopic (exact) mass is 493 g/mol. The zero-order chi connectivity index (χ0) is 24.1. The molecule has 0 aliphatic carbocycles. The van der Waals surface area contributed by atoms with E-state index >= 15 is 0 Å². The molecule has 1 N–H and O–H groups in total. The Morgan fingerprint density at radius 2 is 1.88 bits per heavy atom. The van der Waals surface area contributed by atoms with Gasteiger partial charge in [-0.3, -0.25) is 24.3 Å². The maximum absolute atomic E-state index is 13.2. The van der Waals surface area contributed by atoms with E-state index in [0.29, 0.717) is 27.3 Å². The van der Waals surface area contributed by atoms with Gasteiger partial charge in [-0.2, -0.15) is 5.10 Å². The van der Waals surface area contributed by atoms with Crippen LogP contribution in [-0.2, 0) is 4.79 Å². The van der Waals surface area contributed by atoms with Crippen molar-refractivity contribution in [1.82, 2.24) is 15.0 Å². The molecule has 11 heteroatoms. The number of hydrogen-bond donors (Lipinski definition) is 1. The van der Waals surface area contributed by atoms with Gasteiger partial charge in [0.15, 0.2) is 5.16 Å². The van der Waals surface area contributed by atoms with E-state index in [1.54, 1.807) is 36.4 Å². The fraction of sp³-hybridized carbons (Fsp3) is 0.0435. The second kappa shape index (κ2) is 10.3. The van der Waals surface area contributed by atoms with Gasteiger partial charge >= 0.3 is 0 Å². The molecule has 34 heavy (non-hydrogen) atoms. The average molecular weight is 494 g/mol. The molecule has 0 radical (unpaired) electrons. The lowest BCUT2D eigenvalue weighted by Crippen LogP contribution is -2.24. The number of aromatic nitrogens is 2. The van der Waals surface area contributed by atoms with E-state index in [0.717, 1.165) is 11.8 Å². The highest BCUT2D eigenvalue weighted by atomic mass is 35.5. The number of halogens is 1. The number of nitrogens with zero attached hydrogens (tertiary/aromatic N) is 4. The van der Waals surface area contributed by atoms with E-state index in [2.05, 4.69) is 15.5 Å². The van der Waals surface area contributed by atoms with Crippen molar-refractivity contribution in [2.24, 2.45) is 5.10 Å². The van der Waals surface area contributed by atoms with Gasteiger partial charge in [0.05, 0.1) is 33.5 Å². The predicted octanol–water partition coefficient (Wildman–Crippen LogP) is 4.19. The number of amides is 1. The molecule has 0 spiro atoms. The van der Waals surface area contributed by atoms with Crippen molar-refractivity contribution in [3.05, 3.63) is 104 Å². The first-order chi connectivity index (χ1) is 16.4. The third kappa shape index (κ3) is 5.13. The average Bonchev–Trinajstić information content (AvgIpc) is 2.84. The summed E-state index contributed by atoms with van der Waals surface area (Å²) >= 11 is 6.88. The number of hydrazone groups is 1. The minimum absolute atomic E-state index is 0.00920. The molecule has 4 aromatic rings. The van der Waals surface area contributed by atoms with Crippen LogP contribution in [0.3, 0.4) is 0 Å². The number of nitro groups is 1. The normalized spacial score (nSPS) is 11.1. The van der Waals surface area contributed by atoms with Crippen molar-refractivity contribution < 1.29 is 9.72 Å². The van der Waals surface area contributed by atoms with Crippen LogP contribution >= 0.6 is 23.4 Å². The van der Waals surface area contributed by atoms with Crippen LogP contribution in [0.15, 0.2) is 87.8 Å². The molecule has 0 aliphatic rings. The first-order valence-corrected chi connectivity index (χ1v) is 11.3. The summed E-state index contributed by atoms with van der Waals surface area (Å²) < 4.78 is 1.47. The first kappa shape index (κ1) is 23.1. The second-order valence-corrected chi connectivity index (χ2v) is 8.29. The standard InChI is InChI=1S/C23H16ClN5O4S/c24-18-11-10-15(12-20(18)29(32)33)13-25-27-21(30)14-34-23-26-19-9-5-4-8-17(19)22(31)28(23)16-6-2-1-3-7-16/h1-13H,14H2,(H,27,30). The number of rotatable bonds is 7. The van der Waals surface area contributed by atoms with Crippen LogP contribution in [0.4, 0.5) is 5.69 Å². The lowest BCUT2D eigenvalue weighted by Gasteiger charge is -2.12. The SMILES string of the molecule is O=C(CSc1nc2ccccc2c(=O)n1-c1ccccc1)NN=Cc1ccc(Cl)c([N+](=O)[O-])c1. The van der Waals surface area contributed by atoms with Crippen molar-refractivity contribution >= 4 is 52.1 Å². The Morgan fingerprint density at radius 1 is 1.15 bits per heavy atom. The van der Waals surface area contributed by atoms with Crippen LogP contribution in [0.5, 0.6) is 0 Å². The summed E-state index contributed by atoms with van der Waals surface area (Å²) in [5.74, 6) is -0.498. The summed E-state index contributed by atoms with van der Waals surface area (Å²) in [5, 5.41) is 15.7. The van der Waals surface area contributed by atoms with Gasteiger partial charge in [0.1, 0.15) is 5.02 Å². The quantitative estimate of drug-likeness (QED) is 0.135. The van der Waals surface area contributed by atoms with Gasteiger partial charge in [0.2, 0.25) is 0 Å². The number of fused-ring (bicyclic) bond motifs is 1. The summed E-state index contributed by atoms with van der Waals surface area (Å²) in [7, 11) is 0. The van der Waals surface area contributed by atoms with Gasteiger partial charge in [-0.05, 0) is 30.3 Å². The van der Waals surface area contributed by atoms with Crippen LogP contribution in [0.1, 0.15) is 5.56 Å². The minimum atomic E-state index is -0.599. The minimum Gasteiger partial charge on any atom is -0.272 e. The van der Waals surface area contributed by atoms with E-state index in [1.807, 2.05) is 18.2 Å². The van der Waals surface area contributed by atoms with Gasteiger partial charge in [-0.1, -0.05) is 59.8 Å². The maximum Gasteiger partial charge on any atom is 0.288 e. The summed E-state index contributed by atoms with van der Waals surface area (Å²) in [6.07, 6.45) is 1.28. The number of nitrogens with one attached hydrogen (secondary N) is 1. The van der Waals surface area contributed by atoms with Crippen molar-refractivity contribution in [3.8, 4) is 5.69 Å². The zero-order valence-electron chi connectivity index (χ0n) is 17.4. The summed E-state index contributed by atoms with van der Waals surface area (Å²) in [6, 6.07) is 20.2. The summed E-state index contributed by atoms with van der Waals surface area (Å²) in [6.45, 7) is 0. The highest BCUT2D eigenvalue weighted by Crippen LogP contribution is 2.24. The van der Waals surface area contributed by atoms with Crippen molar-refractivity contribution in [3.63, 3.8) is 0 Å². The third-order valence-corrected chi connectivity index (χ3v) is 5.92. The highest BCUT2D eigenvalue weighted by molar-refractivity contribution is 7.99. The third-order valence-electron chi connectivity index (χ3n) is 4.66. The molecule has 170 valence electrons. The Kier molecular flexibility index (Phi) is 7.00. The number of carbonyl (C=O) groups excluding carboxylic acids is 1. The number of benzene rings is 3. The van der Waals surface area contributed by atoms with Gasteiger partial charge in [0, 0.05) is 11.6 Å². The van der Waals surface area contributed by atoms with Crippen molar-refractivity contribution in [2.45, 2.75) is 5.16 Å². The molecule has 0 bridgehead atoms. The zero-order valence-corrected chi connectivity index (χ0v) is 19.0. The molecule has 0 unspecified atom stereocenters. The molecular weight excluding hydrogens is 478 g/mol. The number of thioether (sulfide) groups is 1. The fourth-order valence-corrected chi connectivity index (χ4v) is 4.10. The predicted molar refractivity (Wildman–Crippen MR) is 132 cm³/mol. The summed E-state index contributed by atoms with van der Waals surface area (Å²) in [5.41, 5.74) is 3.45. The lowest BCUT2D eigenvalue weighted by atomic mass is 10.2. The van der Waals surface area contributed by atoms with Crippen LogP contribution in [-0.4, -0.2) is 32.3 Å². The molecule has 3 aromatic carbocycles. The van der Waals surface area contributed by atoms with Crippen molar-refractivity contribution in [2.75, 3.05) is 5.75 Å². The lowest BCUT2D eigenvalue weighted by molar-refractivity contribution is -0.384. The van der Waals surface area contributed by atoms with Crippen LogP contribution in [0.25, 0.3) is 16.6 Å². The van der Waals surface area contributed by atoms with Gasteiger partial charge in [0.25, 0.3) is 17.2 Å². The Labute approximate surface area is 202 Å².